The molecule has 88 valence electrons. The molecule has 0 amide bonds. The summed E-state index contributed by atoms with van der Waals surface area (Å²) in [6.07, 6.45) is 1.70. The maximum absolute atomic E-state index is 5.68. The molecule has 1 aromatic carbocycles. The SMILES string of the molecule is CCOc1cc(C)ccc1Oc1ccccn1. The minimum absolute atomic E-state index is 0.567. The maximum atomic E-state index is 5.68. The van der Waals surface area contributed by atoms with Crippen LogP contribution in [0.2, 0.25) is 0 Å². The molecular weight excluding hydrogens is 214 g/mol. The molecule has 0 saturated heterocycles. The average molecular weight is 229 g/mol. The van der Waals surface area contributed by atoms with Crippen LogP contribution >= 0.6 is 0 Å². The Bertz CT molecular complexity index is 483. The zero-order valence-electron chi connectivity index (χ0n) is 10.0. The highest BCUT2D eigenvalue weighted by molar-refractivity contribution is 5.44. The summed E-state index contributed by atoms with van der Waals surface area (Å²) in [6, 6.07) is 11.4. The van der Waals surface area contributed by atoms with E-state index in [0.717, 1.165) is 11.3 Å². The summed E-state index contributed by atoms with van der Waals surface area (Å²) in [5.41, 5.74) is 1.14. The summed E-state index contributed by atoms with van der Waals surface area (Å²) in [5, 5.41) is 0. The van der Waals surface area contributed by atoms with E-state index >= 15 is 0 Å². The third kappa shape index (κ3) is 2.97. The van der Waals surface area contributed by atoms with Crippen LogP contribution in [0, 0.1) is 6.92 Å². The monoisotopic (exact) mass is 229 g/mol. The fourth-order valence-electron chi connectivity index (χ4n) is 1.49. The quantitative estimate of drug-likeness (QED) is 0.803. The van der Waals surface area contributed by atoms with Crippen molar-refractivity contribution in [2.24, 2.45) is 0 Å². The van der Waals surface area contributed by atoms with Crippen molar-refractivity contribution in [2.45, 2.75) is 13.8 Å². The smallest absolute Gasteiger partial charge is 0.219 e. The van der Waals surface area contributed by atoms with E-state index in [-0.39, 0.29) is 0 Å². The molecule has 2 rings (SSSR count). The van der Waals surface area contributed by atoms with Crippen molar-refractivity contribution in [1.82, 2.24) is 4.98 Å². The molecule has 1 heterocycles. The van der Waals surface area contributed by atoms with Gasteiger partial charge in [-0.15, -0.1) is 0 Å². The van der Waals surface area contributed by atoms with E-state index in [1.165, 1.54) is 0 Å². The van der Waals surface area contributed by atoms with Crippen molar-refractivity contribution in [2.75, 3.05) is 6.61 Å². The Morgan fingerprint density at radius 2 is 2.00 bits per heavy atom. The minimum Gasteiger partial charge on any atom is -0.490 e. The van der Waals surface area contributed by atoms with Crippen LogP contribution in [0.5, 0.6) is 17.4 Å². The van der Waals surface area contributed by atoms with E-state index in [1.54, 1.807) is 6.20 Å². The fraction of sp³-hybridized carbons (Fsp3) is 0.214. The van der Waals surface area contributed by atoms with E-state index in [9.17, 15) is 0 Å². The van der Waals surface area contributed by atoms with Gasteiger partial charge in [-0.25, -0.2) is 4.98 Å². The second-order valence-electron chi connectivity index (χ2n) is 3.65. The standard InChI is InChI=1S/C14H15NO2/c1-3-16-13-10-11(2)7-8-12(13)17-14-6-4-5-9-15-14/h4-10H,3H2,1-2H3. The van der Waals surface area contributed by atoms with Gasteiger partial charge in [0.05, 0.1) is 6.61 Å². The maximum Gasteiger partial charge on any atom is 0.219 e. The third-order valence-corrected chi connectivity index (χ3v) is 2.25. The van der Waals surface area contributed by atoms with Crippen molar-refractivity contribution in [1.29, 1.82) is 0 Å². The highest BCUT2D eigenvalue weighted by Gasteiger charge is 2.06. The zero-order chi connectivity index (χ0) is 12.1. The molecule has 3 nitrogen and oxygen atoms in total. The first-order valence-electron chi connectivity index (χ1n) is 5.62. The van der Waals surface area contributed by atoms with Gasteiger partial charge in [0.1, 0.15) is 0 Å². The Kier molecular flexibility index (Phi) is 3.60. The molecule has 0 saturated carbocycles. The van der Waals surface area contributed by atoms with Crippen LogP contribution < -0.4 is 9.47 Å². The normalized spacial score (nSPS) is 10.0. The molecule has 0 spiro atoms. The van der Waals surface area contributed by atoms with Gasteiger partial charge in [-0.05, 0) is 37.6 Å². The van der Waals surface area contributed by atoms with E-state index in [4.69, 9.17) is 9.47 Å². The number of rotatable bonds is 4. The van der Waals surface area contributed by atoms with Crippen LogP contribution in [0.4, 0.5) is 0 Å². The molecule has 0 N–H and O–H groups in total. The molecule has 17 heavy (non-hydrogen) atoms. The van der Waals surface area contributed by atoms with Gasteiger partial charge in [0.25, 0.3) is 0 Å². The van der Waals surface area contributed by atoms with Gasteiger partial charge >= 0.3 is 0 Å². The fourth-order valence-corrected chi connectivity index (χ4v) is 1.49. The number of pyridine rings is 1. The Labute approximate surface area is 101 Å². The minimum atomic E-state index is 0.567. The summed E-state index contributed by atoms with van der Waals surface area (Å²) in [6.45, 7) is 4.59. The Morgan fingerprint density at radius 1 is 1.12 bits per heavy atom. The van der Waals surface area contributed by atoms with Gasteiger partial charge < -0.3 is 9.47 Å². The predicted octanol–water partition coefficient (Wildman–Crippen LogP) is 3.58. The number of aromatic nitrogens is 1. The van der Waals surface area contributed by atoms with Gasteiger partial charge in [0.15, 0.2) is 11.5 Å². The lowest BCUT2D eigenvalue weighted by molar-refractivity contribution is 0.319. The summed E-state index contributed by atoms with van der Waals surface area (Å²) >= 11 is 0. The van der Waals surface area contributed by atoms with Gasteiger partial charge in [0, 0.05) is 12.3 Å². The van der Waals surface area contributed by atoms with Crippen molar-refractivity contribution < 1.29 is 9.47 Å². The molecule has 2 aromatic rings. The van der Waals surface area contributed by atoms with E-state index < -0.39 is 0 Å². The number of hydrogen-bond donors (Lipinski definition) is 0. The lowest BCUT2D eigenvalue weighted by Gasteiger charge is -2.11. The molecule has 0 aliphatic heterocycles. The Balaban J connectivity index is 2.26. The molecule has 0 unspecified atom stereocenters. The topological polar surface area (TPSA) is 31.4 Å². The van der Waals surface area contributed by atoms with Gasteiger partial charge in [-0.3, -0.25) is 0 Å². The Morgan fingerprint density at radius 3 is 2.71 bits per heavy atom. The molecular formula is C14H15NO2. The van der Waals surface area contributed by atoms with Gasteiger partial charge in [0.2, 0.25) is 5.88 Å². The first-order valence-corrected chi connectivity index (χ1v) is 5.62. The highest BCUT2D eigenvalue weighted by atomic mass is 16.5. The zero-order valence-corrected chi connectivity index (χ0v) is 10.0. The summed E-state index contributed by atoms with van der Waals surface area (Å²) in [5.74, 6) is 2.01. The number of hydrogen-bond acceptors (Lipinski definition) is 3. The molecule has 1 aromatic heterocycles. The van der Waals surface area contributed by atoms with Crippen LogP contribution in [0.3, 0.4) is 0 Å². The number of aryl methyl sites for hydroxylation is 1. The second-order valence-corrected chi connectivity index (χ2v) is 3.65. The van der Waals surface area contributed by atoms with Crippen molar-refractivity contribution >= 4 is 0 Å². The highest BCUT2D eigenvalue weighted by Crippen LogP contribution is 2.31. The molecule has 0 atom stereocenters. The average Bonchev–Trinajstić information content (AvgIpc) is 2.34. The van der Waals surface area contributed by atoms with Crippen LogP contribution in [-0.2, 0) is 0 Å². The first kappa shape index (κ1) is 11.5. The number of ether oxygens (including phenoxy) is 2. The van der Waals surface area contributed by atoms with E-state index in [2.05, 4.69) is 4.98 Å². The van der Waals surface area contributed by atoms with Crippen LogP contribution in [0.25, 0.3) is 0 Å². The second kappa shape index (κ2) is 5.34. The van der Waals surface area contributed by atoms with Crippen molar-refractivity contribution in [3.63, 3.8) is 0 Å². The van der Waals surface area contributed by atoms with Crippen molar-refractivity contribution in [3.05, 3.63) is 48.2 Å². The summed E-state index contributed by atoms with van der Waals surface area (Å²) in [7, 11) is 0. The number of nitrogens with zero attached hydrogens (tertiary/aromatic N) is 1. The van der Waals surface area contributed by atoms with Crippen LogP contribution in [0.1, 0.15) is 12.5 Å². The Hall–Kier alpha value is -2.03. The predicted molar refractivity (Wildman–Crippen MR) is 66.7 cm³/mol. The lowest BCUT2D eigenvalue weighted by atomic mass is 10.2. The van der Waals surface area contributed by atoms with Gasteiger partial charge in [-0.1, -0.05) is 12.1 Å². The van der Waals surface area contributed by atoms with Gasteiger partial charge in [-0.2, -0.15) is 0 Å². The first-order chi connectivity index (χ1) is 8.29. The molecule has 0 aliphatic carbocycles. The van der Waals surface area contributed by atoms with Crippen LogP contribution in [0.15, 0.2) is 42.6 Å². The lowest BCUT2D eigenvalue weighted by Crippen LogP contribution is -1.96. The molecule has 0 radical (unpaired) electrons. The number of benzene rings is 1. The third-order valence-electron chi connectivity index (χ3n) is 2.25. The van der Waals surface area contributed by atoms with E-state index in [1.807, 2.05) is 50.2 Å². The summed E-state index contributed by atoms with van der Waals surface area (Å²) in [4.78, 5) is 4.12. The molecule has 0 aliphatic rings. The van der Waals surface area contributed by atoms with E-state index in [0.29, 0.717) is 18.2 Å². The van der Waals surface area contributed by atoms with Crippen molar-refractivity contribution in [3.8, 4) is 17.4 Å². The molecule has 0 fully saturated rings. The van der Waals surface area contributed by atoms with Crippen LogP contribution in [-0.4, -0.2) is 11.6 Å². The largest absolute Gasteiger partial charge is 0.490 e. The summed E-state index contributed by atoms with van der Waals surface area (Å²) < 4.78 is 11.2. The molecule has 0 bridgehead atoms. The molecule has 3 heteroatoms.